The molecule has 0 aliphatic rings. The Morgan fingerprint density at radius 2 is 2.00 bits per heavy atom. The molecule has 1 unspecified atom stereocenters. The fourth-order valence-electron chi connectivity index (χ4n) is 0. The van der Waals surface area contributed by atoms with Gasteiger partial charge >= 0.3 is 0 Å². The van der Waals surface area contributed by atoms with Gasteiger partial charge in [0.05, 0.1) is 0 Å². The Bertz CT molecular complexity index is 57.9. The minimum Gasteiger partial charge on any atom is -0.145 e. The van der Waals surface area contributed by atoms with Gasteiger partial charge in [0, 0.05) is 28.3 Å². The molecule has 0 aromatic heterocycles. The van der Waals surface area contributed by atoms with E-state index in [0.717, 1.165) is 0 Å². The Morgan fingerprint density at radius 1 is 1.80 bits per heavy atom. The normalized spacial score (nSPS) is 13.8. The summed E-state index contributed by atoms with van der Waals surface area (Å²) < 4.78 is 3.31. The van der Waals surface area contributed by atoms with Crippen molar-refractivity contribution < 1.29 is 0 Å². The van der Waals surface area contributed by atoms with E-state index in [1.54, 1.807) is 6.26 Å². The first-order chi connectivity index (χ1) is 2.27. The molecule has 0 saturated heterocycles. The molecule has 0 amide bonds. The molecule has 5 heavy (non-hydrogen) atoms. The first-order valence-electron chi connectivity index (χ1n) is 0.940. The molecule has 0 radical (unpaired) electrons. The molecule has 1 nitrogen and oxygen atoms in total. The number of nitrogens with zero attached hydrogens (tertiary/aromatic N) is 1. The summed E-state index contributed by atoms with van der Waals surface area (Å²) >= 11 is 8.75. The van der Waals surface area contributed by atoms with Gasteiger partial charge < -0.3 is 0 Å². The summed E-state index contributed by atoms with van der Waals surface area (Å²) in [6.45, 7) is 0. The summed E-state index contributed by atoms with van der Waals surface area (Å²) in [5, 5.41) is 0. The molecule has 0 bridgehead atoms. The first kappa shape index (κ1) is 5.59. The van der Waals surface area contributed by atoms with E-state index in [1.807, 2.05) is 0 Å². The van der Waals surface area contributed by atoms with Crippen LogP contribution in [-0.2, 0) is 33.3 Å². The Balaban J connectivity index is 3.20. The van der Waals surface area contributed by atoms with Gasteiger partial charge in [0.2, 0.25) is 0 Å². The molecule has 4 heteroatoms. The summed E-state index contributed by atoms with van der Waals surface area (Å²) in [6.07, 6.45) is 1.79. The van der Waals surface area contributed by atoms with Gasteiger partial charge in [-0.25, -0.2) is 0 Å². The monoisotopic (exact) mass is 125 g/mol. The lowest BCUT2D eigenvalue weighted by molar-refractivity contribution is 2.07. The van der Waals surface area contributed by atoms with Crippen molar-refractivity contribution >= 4 is 33.3 Å². The van der Waals surface area contributed by atoms with Gasteiger partial charge in [-0.05, 0) is 11.2 Å². The largest absolute Gasteiger partial charge is 0.145 e. The number of rotatable bonds is 1. The van der Waals surface area contributed by atoms with Crippen LogP contribution in [0.1, 0.15) is 0 Å². The van der Waals surface area contributed by atoms with Crippen LogP contribution in [0.15, 0.2) is 3.77 Å². The van der Waals surface area contributed by atoms with E-state index in [0.29, 0.717) is 0 Å². The summed E-state index contributed by atoms with van der Waals surface area (Å²) in [4.78, 5) is 0. The second-order valence-electron chi connectivity index (χ2n) is 0.498. The van der Waals surface area contributed by atoms with E-state index in [4.69, 9.17) is 0 Å². The minimum absolute atomic E-state index is 0.299. The van der Waals surface area contributed by atoms with Crippen molar-refractivity contribution in [1.82, 2.24) is 0 Å². The lowest BCUT2D eigenvalue weighted by Gasteiger charge is -1.68. The summed E-state index contributed by atoms with van der Waals surface area (Å²) in [7, 11) is -0.299. The standard InChI is InChI=1S/CH3NS3/c1-5(4)2-3/h1H3. The van der Waals surface area contributed by atoms with Crippen molar-refractivity contribution in [2.24, 2.45) is 3.77 Å². The lowest BCUT2D eigenvalue weighted by Crippen LogP contribution is -1.65. The third-order valence-corrected chi connectivity index (χ3v) is 1.49. The smallest absolute Gasteiger partial charge is 0.0497 e. The molecule has 0 aliphatic heterocycles. The van der Waals surface area contributed by atoms with E-state index < -0.39 is 0 Å². The molecular weight excluding hydrogens is 122 g/mol. The van der Waals surface area contributed by atoms with Crippen LogP contribution in [0.3, 0.4) is 0 Å². The average molecular weight is 125 g/mol. The van der Waals surface area contributed by atoms with E-state index in [1.165, 1.54) is 0 Å². The molecule has 0 aromatic carbocycles. The molecular formula is CH3NS3. The molecule has 1 atom stereocenters. The van der Waals surface area contributed by atoms with Crippen LogP contribution in [0.2, 0.25) is 0 Å². The van der Waals surface area contributed by atoms with Crippen LogP contribution in [0.5, 0.6) is 0 Å². The molecule has 0 heterocycles. The lowest BCUT2D eigenvalue weighted by atomic mass is 12.0. The average Bonchev–Trinajstić information content (AvgIpc) is 1.38. The highest BCUT2D eigenvalue weighted by Gasteiger charge is 1.62. The maximum atomic E-state index is 4.54. The molecule has 30 valence electrons. The van der Waals surface area contributed by atoms with E-state index in [9.17, 15) is 0 Å². The van der Waals surface area contributed by atoms with Gasteiger partial charge in [-0.3, -0.25) is 0 Å². The van der Waals surface area contributed by atoms with Crippen LogP contribution in [0, 0.1) is 0 Å². The SMILES string of the molecule is CS(=S)N=S. The van der Waals surface area contributed by atoms with E-state index in [-0.39, 0.29) is 9.64 Å². The van der Waals surface area contributed by atoms with Crippen LogP contribution >= 0.6 is 0 Å². The second kappa shape index (κ2) is 2.81. The number of hydrogen-bond acceptors (Lipinski definition) is 2. The Morgan fingerprint density at radius 3 is 2.00 bits per heavy atom. The van der Waals surface area contributed by atoms with Crippen LogP contribution in [0.25, 0.3) is 0 Å². The Hall–Kier alpha value is 0.590. The third kappa shape index (κ3) is 4.59. The Labute approximate surface area is 43.7 Å². The zero-order chi connectivity index (χ0) is 4.28. The molecule has 0 saturated carbocycles. The molecule has 0 N–H and O–H groups in total. The maximum absolute atomic E-state index is 4.54. The van der Waals surface area contributed by atoms with Crippen molar-refractivity contribution in [3.05, 3.63) is 0 Å². The highest BCUT2D eigenvalue weighted by atomic mass is 32.8. The Kier molecular flexibility index (Phi) is 3.14. The van der Waals surface area contributed by atoms with Gasteiger partial charge in [0.1, 0.15) is 0 Å². The second-order valence-corrected chi connectivity index (χ2v) is 3.39. The summed E-state index contributed by atoms with van der Waals surface area (Å²) in [6, 6.07) is 0. The van der Waals surface area contributed by atoms with Crippen molar-refractivity contribution in [1.29, 1.82) is 0 Å². The first-order valence-corrected chi connectivity index (χ1v) is 3.82. The van der Waals surface area contributed by atoms with Gasteiger partial charge in [0.15, 0.2) is 0 Å². The van der Waals surface area contributed by atoms with Gasteiger partial charge in [-0.15, -0.1) is 3.77 Å². The molecule has 0 fully saturated rings. The summed E-state index contributed by atoms with van der Waals surface area (Å²) in [5.74, 6) is 0. The third-order valence-electron chi connectivity index (χ3n) is 0.105. The molecule has 0 spiro atoms. The quantitative estimate of drug-likeness (QED) is 0.501. The molecule has 0 aromatic rings. The highest BCUT2D eigenvalue weighted by Crippen LogP contribution is 1.67. The van der Waals surface area contributed by atoms with Crippen molar-refractivity contribution in [3.63, 3.8) is 0 Å². The van der Waals surface area contributed by atoms with E-state index in [2.05, 4.69) is 27.4 Å². The molecule has 0 rings (SSSR count). The highest BCUT2D eigenvalue weighted by molar-refractivity contribution is 8.28. The van der Waals surface area contributed by atoms with Crippen LogP contribution in [0.4, 0.5) is 0 Å². The molecule has 0 aliphatic carbocycles. The van der Waals surface area contributed by atoms with Gasteiger partial charge in [-0.2, -0.15) is 0 Å². The maximum Gasteiger partial charge on any atom is 0.0497 e. The van der Waals surface area contributed by atoms with Gasteiger partial charge in [-0.1, -0.05) is 0 Å². The van der Waals surface area contributed by atoms with Crippen LogP contribution < -0.4 is 0 Å². The van der Waals surface area contributed by atoms with Crippen molar-refractivity contribution in [2.45, 2.75) is 0 Å². The summed E-state index contributed by atoms with van der Waals surface area (Å²) in [5.41, 5.74) is 0. The zero-order valence-corrected chi connectivity index (χ0v) is 5.12. The van der Waals surface area contributed by atoms with E-state index >= 15 is 0 Å². The van der Waals surface area contributed by atoms with Gasteiger partial charge in [0.25, 0.3) is 0 Å². The van der Waals surface area contributed by atoms with Crippen molar-refractivity contribution in [2.75, 3.05) is 6.26 Å². The van der Waals surface area contributed by atoms with Crippen molar-refractivity contribution in [3.8, 4) is 0 Å². The predicted molar refractivity (Wildman–Crippen MR) is 30.4 cm³/mol. The minimum atomic E-state index is -0.299. The fourth-order valence-corrected chi connectivity index (χ4v) is 0. The fraction of sp³-hybridized carbons (Fsp3) is 1.00. The topological polar surface area (TPSA) is 12.4 Å². The number of hydrogen-bond donors (Lipinski definition) is 0. The predicted octanol–water partition coefficient (Wildman–Crippen LogP) is 0.342. The zero-order valence-electron chi connectivity index (χ0n) is 2.67. The van der Waals surface area contributed by atoms with Crippen LogP contribution in [-0.4, -0.2) is 6.26 Å².